The molecule has 1 saturated heterocycles. The van der Waals surface area contributed by atoms with E-state index in [1.807, 2.05) is 0 Å². The molecule has 0 aliphatic carbocycles. The van der Waals surface area contributed by atoms with Gasteiger partial charge in [0.2, 0.25) is 0 Å². The van der Waals surface area contributed by atoms with E-state index in [0.717, 1.165) is 45.3 Å². The van der Waals surface area contributed by atoms with Gasteiger partial charge in [-0.05, 0) is 19.3 Å². The Labute approximate surface area is 105 Å². The van der Waals surface area contributed by atoms with Crippen LogP contribution < -0.4 is 0 Å². The first kappa shape index (κ1) is 14.5. The summed E-state index contributed by atoms with van der Waals surface area (Å²) in [6.07, 6.45) is 11.6. The van der Waals surface area contributed by atoms with Gasteiger partial charge in [0.1, 0.15) is 0 Å². The van der Waals surface area contributed by atoms with Crippen LogP contribution in [0.25, 0.3) is 0 Å². The molecule has 0 spiro atoms. The molecule has 1 rings (SSSR count). The molecule has 1 heterocycles. The van der Waals surface area contributed by atoms with Gasteiger partial charge < -0.3 is 9.47 Å². The fourth-order valence-corrected chi connectivity index (χ4v) is 2.08. The third-order valence-corrected chi connectivity index (χ3v) is 3.12. The molecule has 1 atom stereocenters. The molecule has 1 aliphatic heterocycles. The van der Waals surface area contributed by atoms with Crippen LogP contribution in [0.4, 0.5) is 0 Å². The third kappa shape index (κ3) is 8.18. The summed E-state index contributed by atoms with van der Waals surface area (Å²) in [7, 11) is 0. The highest BCUT2D eigenvalue weighted by Crippen LogP contribution is 2.14. The van der Waals surface area contributed by atoms with Gasteiger partial charge >= 0.3 is 0 Å². The van der Waals surface area contributed by atoms with Crippen LogP contribution in [0.5, 0.6) is 0 Å². The molecular formula is C14H25NO2. The topological polar surface area (TPSA) is 42.2 Å². The molecule has 0 aromatic carbocycles. The Morgan fingerprint density at radius 3 is 2.41 bits per heavy atom. The van der Waals surface area contributed by atoms with Crippen molar-refractivity contribution in [2.45, 2.75) is 70.5 Å². The number of hydrogen-bond donors (Lipinski definition) is 0. The minimum absolute atomic E-state index is 0.0842. The molecule has 3 nitrogen and oxygen atoms in total. The van der Waals surface area contributed by atoms with Crippen molar-refractivity contribution in [2.75, 3.05) is 13.2 Å². The molecule has 1 aliphatic rings. The van der Waals surface area contributed by atoms with Crippen molar-refractivity contribution in [3.8, 4) is 6.07 Å². The lowest BCUT2D eigenvalue weighted by atomic mass is 10.1. The normalized spacial score (nSPS) is 19.4. The van der Waals surface area contributed by atoms with Crippen molar-refractivity contribution in [1.29, 1.82) is 5.26 Å². The lowest BCUT2D eigenvalue weighted by Gasteiger charge is -2.10. The van der Waals surface area contributed by atoms with E-state index >= 15 is 0 Å². The average molecular weight is 239 g/mol. The summed E-state index contributed by atoms with van der Waals surface area (Å²) in [5, 5.41) is 8.38. The molecule has 0 N–H and O–H groups in total. The van der Waals surface area contributed by atoms with Gasteiger partial charge in [-0.1, -0.05) is 32.1 Å². The molecule has 3 heteroatoms. The van der Waals surface area contributed by atoms with Crippen LogP contribution >= 0.6 is 0 Å². The molecule has 0 radical (unpaired) electrons. The first-order valence-corrected chi connectivity index (χ1v) is 7.03. The van der Waals surface area contributed by atoms with Gasteiger partial charge in [-0.15, -0.1) is 0 Å². The molecular weight excluding hydrogens is 214 g/mol. The van der Waals surface area contributed by atoms with Crippen LogP contribution in [-0.4, -0.2) is 19.5 Å². The van der Waals surface area contributed by atoms with E-state index in [-0.39, 0.29) is 6.29 Å². The quantitative estimate of drug-likeness (QED) is 0.545. The van der Waals surface area contributed by atoms with Crippen LogP contribution in [0, 0.1) is 11.3 Å². The summed E-state index contributed by atoms with van der Waals surface area (Å²) in [5.74, 6) is 0. The highest BCUT2D eigenvalue weighted by molar-refractivity contribution is 4.67. The maximum absolute atomic E-state index is 8.38. The number of ether oxygens (including phenoxy) is 2. The lowest BCUT2D eigenvalue weighted by molar-refractivity contribution is -0.111. The molecule has 98 valence electrons. The molecule has 1 unspecified atom stereocenters. The van der Waals surface area contributed by atoms with Crippen molar-refractivity contribution in [3.05, 3.63) is 0 Å². The van der Waals surface area contributed by atoms with Crippen molar-refractivity contribution >= 4 is 0 Å². The number of nitriles is 1. The van der Waals surface area contributed by atoms with E-state index in [2.05, 4.69) is 6.07 Å². The number of hydrogen-bond acceptors (Lipinski definition) is 3. The van der Waals surface area contributed by atoms with Crippen LogP contribution in [-0.2, 0) is 9.47 Å². The molecule has 0 aromatic heterocycles. The van der Waals surface area contributed by atoms with E-state index in [0.29, 0.717) is 0 Å². The Morgan fingerprint density at radius 2 is 1.76 bits per heavy atom. The number of unbranched alkanes of at least 4 members (excludes halogenated alkanes) is 7. The van der Waals surface area contributed by atoms with Crippen molar-refractivity contribution < 1.29 is 9.47 Å². The van der Waals surface area contributed by atoms with E-state index in [1.165, 1.54) is 32.1 Å². The summed E-state index contributed by atoms with van der Waals surface area (Å²) in [5.41, 5.74) is 0. The average Bonchev–Trinajstić information content (AvgIpc) is 2.85. The molecule has 0 amide bonds. The van der Waals surface area contributed by atoms with Crippen LogP contribution in [0.15, 0.2) is 0 Å². The Bertz CT molecular complexity index is 207. The molecule has 0 saturated carbocycles. The largest absolute Gasteiger partial charge is 0.353 e. The first-order valence-electron chi connectivity index (χ1n) is 7.03. The summed E-state index contributed by atoms with van der Waals surface area (Å²) in [6, 6.07) is 2.18. The van der Waals surface area contributed by atoms with Gasteiger partial charge in [0.15, 0.2) is 6.29 Å². The summed E-state index contributed by atoms with van der Waals surface area (Å²) < 4.78 is 11.0. The monoisotopic (exact) mass is 239 g/mol. The predicted octanol–water partition coefficient (Wildman–Crippen LogP) is 3.78. The Hall–Kier alpha value is -0.590. The van der Waals surface area contributed by atoms with E-state index < -0.39 is 0 Å². The number of rotatable bonds is 10. The second kappa shape index (κ2) is 10.6. The zero-order chi connectivity index (χ0) is 12.2. The summed E-state index contributed by atoms with van der Waals surface area (Å²) in [6.45, 7) is 1.71. The smallest absolute Gasteiger partial charge is 0.157 e. The van der Waals surface area contributed by atoms with E-state index in [1.54, 1.807) is 0 Å². The zero-order valence-corrected chi connectivity index (χ0v) is 10.8. The minimum Gasteiger partial charge on any atom is -0.353 e. The van der Waals surface area contributed by atoms with Gasteiger partial charge in [0, 0.05) is 26.1 Å². The zero-order valence-electron chi connectivity index (χ0n) is 10.8. The Balaban J connectivity index is 1.71. The minimum atomic E-state index is 0.0842. The summed E-state index contributed by atoms with van der Waals surface area (Å²) >= 11 is 0. The highest BCUT2D eigenvalue weighted by Gasteiger charge is 2.14. The fraction of sp³-hybridized carbons (Fsp3) is 0.929. The van der Waals surface area contributed by atoms with Crippen LogP contribution in [0.1, 0.15) is 64.2 Å². The maximum atomic E-state index is 8.38. The Morgan fingerprint density at radius 1 is 1.06 bits per heavy atom. The highest BCUT2D eigenvalue weighted by atomic mass is 16.7. The predicted molar refractivity (Wildman–Crippen MR) is 67.5 cm³/mol. The third-order valence-electron chi connectivity index (χ3n) is 3.12. The second-order valence-electron chi connectivity index (χ2n) is 4.70. The molecule has 1 fully saturated rings. The van der Waals surface area contributed by atoms with Gasteiger partial charge in [0.25, 0.3) is 0 Å². The van der Waals surface area contributed by atoms with Crippen molar-refractivity contribution in [3.63, 3.8) is 0 Å². The van der Waals surface area contributed by atoms with Gasteiger partial charge in [-0.3, -0.25) is 0 Å². The first-order chi connectivity index (χ1) is 8.43. The van der Waals surface area contributed by atoms with Crippen LogP contribution in [0.3, 0.4) is 0 Å². The Kier molecular flexibility index (Phi) is 8.99. The van der Waals surface area contributed by atoms with E-state index in [9.17, 15) is 0 Å². The van der Waals surface area contributed by atoms with Gasteiger partial charge in [0.05, 0.1) is 6.07 Å². The molecule has 0 bridgehead atoms. The second-order valence-corrected chi connectivity index (χ2v) is 4.70. The summed E-state index contributed by atoms with van der Waals surface area (Å²) in [4.78, 5) is 0. The standard InChI is InChI=1S/C14H25NO2/c15-11-7-5-3-1-2-4-6-8-12-16-14-10-9-13-17-14/h14H,1-10,12-13H2. The van der Waals surface area contributed by atoms with Crippen molar-refractivity contribution in [2.24, 2.45) is 0 Å². The van der Waals surface area contributed by atoms with Crippen molar-refractivity contribution in [1.82, 2.24) is 0 Å². The van der Waals surface area contributed by atoms with Gasteiger partial charge in [-0.2, -0.15) is 5.26 Å². The molecule has 17 heavy (non-hydrogen) atoms. The lowest BCUT2D eigenvalue weighted by Crippen LogP contribution is -2.11. The van der Waals surface area contributed by atoms with Gasteiger partial charge in [-0.25, -0.2) is 0 Å². The molecule has 0 aromatic rings. The number of nitrogens with zero attached hydrogens (tertiary/aromatic N) is 1. The van der Waals surface area contributed by atoms with Crippen LogP contribution in [0.2, 0.25) is 0 Å². The maximum Gasteiger partial charge on any atom is 0.157 e. The SMILES string of the molecule is N#CCCCCCCCCCOC1CCCO1. The fourth-order valence-electron chi connectivity index (χ4n) is 2.08. The van der Waals surface area contributed by atoms with E-state index in [4.69, 9.17) is 14.7 Å².